The highest BCUT2D eigenvalue weighted by Gasteiger charge is 2.19. The maximum absolute atomic E-state index is 5.44. The molecule has 29 heavy (non-hydrogen) atoms. The summed E-state index contributed by atoms with van der Waals surface area (Å²) >= 11 is 0. The van der Waals surface area contributed by atoms with E-state index in [2.05, 4.69) is 49.1 Å². The molecular weight excluding hydrogens is 368 g/mol. The van der Waals surface area contributed by atoms with Gasteiger partial charge in [-0.05, 0) is 19.9 Å². The lowest BCUT2D eigenvalue weighted by Gasteiger charge is -2.34. The van der Waals surface area contributed by atoms with Crippen LogP contribution in [0.2, 0.25) is 0 Å². The summed E-state index contributed by atoms with van der Waals surface area (Å²) in [5, 5.41) is 6.84. The summed E-state index contributed by atoms with van der Waals surface area (Å²) in [6, 6.07) is 2.29. The maximum atomic E-state index is 5.44. The summed E-state index contributed by atoms with van der Waals surface area (Å²) in [5.74, 6) is 1.74. The van der Waals surface area contributed by atoms with Crippen molar-refractivity contribution in [3.8, 4) is 0 Å². The second kappa shape index (κ2) is 11.9. The molecule has 9 heteroatoms. The normalized spacial score (nSPS) is 20.5. The van der Waals surface area contributed by atoms with Crippen LogP contribution in [0.4, 0.5) is 5.95 Å². The molecule has 2 N–H and O–H groups in total. The molecule has 0 aromatic carbocycles. The minimum Gasteiger partial charge on any atom is -0.379 e. The van der Waals surface area contributed by atoms with Gasteiger partial charge in [-0.2, -0.15) is 0 Å². The van der Waals surface area contributed by atoms with Crippen LogP contribution in [-0.2, 0) is 4.74 Å². The van der Waals surface area contributed by atoms with Crippen molar-refractivity contribution in [3.05, 3.63) is 18.5 Å². The third-order valence-corrected chi connectivity index (χ3v) is 5.45. The first kappa shape index (κ1) is 21.7. The largest absolute Gasteiger partial charge is 0.379 e. The second-order valence-corrected chi connectivity index (χ2v) is 7.52. The number of aromatic nitrogens is 2. The lowest BCUT2D eigenvalue weighted by atomic mass is 10.2. The number of rotatable bonds is 8. The van der Waals surface area contributed by atoms with Gasteiger partial charge in [-0.1, -0.05) is 0 Å². The van der Waals surface area contributed by atoms with E-state index in [0.29, 0.717) is 6.04 Å². The Hall–Kier alpha value is -1.97. The highest BCUT2D eigenvalue weighted by atomic mass is 16.5. The van der Waals surface area contributed by atoms with Gasteiger partial charge in [0.15, 0.2) is 5.96 Å². The van der Waals surface area contributed by atoms with Crippen molar-refractivity contribution in [2.45, 2.75) is 19.9 Å². The monoisotopic (exact) mass is 404 g/mol. The molecule has 3 heterocycles. The molecule has 1 aromatic heterocycles. The van der Waals surface area contributed by atoms with Crippen molar-refractivity contribution in [2.75, 3.05) is 83.6 Å². The summed E-state index contributed by atoms with van der Waals surface area (Å²) in [6.45, 7) is 15.6. The number of ether oxygens (including phenoxy) is 1. The molecule has 3 rings (SSSR count). The Morgan fingerprint density at radius 2 is 1.83 bits per heavy atom. The fourth-order valence-electron chi connectivity index (χ4n) is 3.66. The van der Waals surface area contributed by atoms with Gasteiger partial charge in [0.1, 0.15) is 0 Å². The number of nitrogens with one attached hydrogen (secondary N) is 2. The van der Waals surface area contributed by atoms with Gasteiger partial charge in [-0.15, -0.1) is 0 Å². The van der Waals surface area contributed by atoms with E-state index in [1.165, 1.54) is 0 Å². The third-order valence-electron chi connectivity index (χ3n) is 5.45. The number of anilines is 1. The van der Waals surface area contributed by atoms with E-state index in [-0.39, 0.29) is 0 Å². The summed E-state index contributed by atoms with van der Waals surface area (Å²) in [4.78, 5) is 20.7. The summed E-state index contributed by atoms with van der Waals surface area (Å²) in [5.41, 5.74) is 0. The number of nitrogens with zero attached hydrogens (tertiary/aromatic N) is 6. The predicted octanol–water partition coefficient (Wildman–Crippen LogP) is -0.126. The minimum absolute atomic E-state index is 0.433. The summed E-state index contributed by atoms with van der Waals surface area (Å²) in [6.07, 6.45) is 3.61. The number of hydrogen-bond donors (Lipinski definition) is 2. The van der Waals surface area contributed by atoms with E-state index in [9.17, 15) is 0 Å². The van der Waals surface area contributed by atoms with Crippen LogP contribution in [0.25, 0.3) is 0 Å². The molecule has 2 aliphatic heterocycles. The molecule has 0 saturated carbocycles. The van der Waals surface area contributed by atoms with Gasteiger partial charge in [0.2, 0.25) is 5.95 Å². The van der Waals surface area contributed by atoms with Crippen LogP contribution in [0.15, 0.2) is 23.5 Å². The predicted molar refractivity (Wildman–Crippen MR) is 117 cm³/mol. The molecule has 0 spiro atoms. The third kappa shape index (κ3) is 7.09. The molecule has 0 aliphatic carbocycles. The standard InChI is InChI=1S/C20H36N8O/c1-3-21-19(25-17-18(2)27-13-15-29-16-14-27)22-7-8-26-9-11-28(12-10-26)20-23-5-4-6-24-20/h4-6,18H,3,7-17H2,1-2H3,(H2,21,22,25). The summed E-state index contributed by atoms with van der Waals surface area (Å²) in [7, 11) is 0. The van der Waals surface area contributed by atoms with E-state index < -0.39 is 0 Å². The molecule has 0 amide bonds. The molecule has 1 aromatic rings. The Labute approximate surface area is 174 Å². The Kier molecular flexibility index (Phi) is 8.91. The molecule has 2 aliphatic rings. The first-order valence-electron chi connectivity index (χ1n) is 10.8. The van der Waals surface area contributed by atoms with E-state index in [4.69, 9.17) is 9.73 Å². The van der Waals surface area contributed by atoms with Gasteiger partial charge in [-0.3, -0.25) is 14.8 Å². The molecule has 1 unspecified atom stereocenters. The molecular formula is C20H36N8O. The van der Waals surface area contributed by atoms with Crippen molar-refractivity contribution >= 4 is 11.9 Å². The quantitative estimate of drug-likeness (QED) is 0.458. The van der Waals surface area contributed by atoms with Crippen LogP contribution in [0.5, 0.6) is 0 Å². The smallest absolute Gasteiger partial charge is 0.225 e. The zero-order valence-electron chi connectivity index (χ0n) is 17.9. The molecule has 0 radical (unpaired) electrons. The van der Waals surface area contributed by atoms with Crippen LogP contribution >= 0.6 is 0 Å². The van der Waals surface area contributed by atoms with Crippen LogP contribution in [0.3, 0.4) is 0 Å². The Morgan fingerprint density at radius 1 is 1.10 bits per heavy atom. The van der Waals surface area contributed by atoms with E-state index in [1.54, 1.807) is 12.4 Å². The average Bonchev–Trinajstić information content (AvgIpc) is 2.79. The first-order chi connectivity index (χ1) is 14.3. The number of morpholine rings is 1. The first-order valence-corrected chi connectivity index (χ1v) is 10.8. The molecule has 9 nitrogen and oxygen atoms in total. The summed E-state index contributed by atoms with van der Waals surface area (Å²) < 4.78 is 5.44. The Balaban J connectivity index is 1.37. The highest BCUT2D eigenvalue weighted by molar-refractivity contribution is 5.79. The van der Waals surface area contributed by atoms with Crippen LogP contribution in [-0.4, -0.2) is 110 Å². The Morgan fingerprint density at radius 3 is 2.52 bits per heavy atom. The van der Waals surface area contributed by atoms with E-state index in [1.807, 2.05) is 6.07 Å². The zero-order valence-corrected chi connectivity index (χ0v) is 17.9. The SMILES string of the molecule is CCNC(=NCC(C)N1CCOCC1)NCCN1CCN(c2ncccn2)CC1. The van der Waals surface area contributed by atoms with E-state index in [0.717, 1.165) is 90.6 Å². The van der Waals surface area contributed by atoms with Gasteiger partial charge in [-0.25, -0.2) is 9.97 Å². The van der Waals surface area contributed by atoms with Crippen molar-refractivity contribution in [3.63, 3.8) is 0 Å². The van der Waals surface area contributed by atoms with Gasteiger partial charge in [0.25, 0.3) is 0 Å². The molecule has 2 saturated heterocycles. The lowest BCUT2D eigenvalue weighted by molar-refractivity contribution is 0.0220. The molecule has 0 bridgehead atoms. The van der Waals surface area contributed by atoms with Crippen LogP contribution in [0, 0.1) is 0 Å². The molecule has 2 fully saturated rings. The van der Waals surface area contributed by atoms with Crippen molar-refractivity contribution in [2.24, 2.45) is 4.99 Å². The van der Waals surface area contributed by atoms with Crippen molar-refractivity contribution < 1.29 is 4.74 Å². The van der Waals surface area contributed by atoms with Crippen LogP contribution in [0.1, 0.15) is 13.8 Å². The minimum atomic E-state index is 0.433. The highest BCUT2D eigenvalue weighted by Crippen LogP contribution is 2.09. The van der Waals surface area contributed by atoms with Crippen molar-refractivity contribution in [1.29, 1.82) is 0 Å². The average molecular weight is 405 g/mol. The fraction of sp³-hybridized carbons (Fsp3) is 0.750. The second-order valence-electron chi connectivity index (χ2n) is 7.52. The maximum Gasteiger partial charge on any atom is 0.225 e. The van der Waals surface area contributed by atoms with Gasteiger partial charge < -0.3 is 20.3 Å². The van der Waals surface area contributed by atoms with Gasteiger partial charge in [0, 0.05) is 77.3 Å². The number of hydrogen-bond acceptors (Lipinski definition) is 7. The van der Waals surface area contributed by atoms with Gasteiger partial charge in [0.05, 0.1) is 19.8 Å². The lowest BCUT2D eigenvalue weighted by Crippen LogP contribution is -2.50. The Bertz CT molecular complexity index is 600. The molecule has 1 atom stereocenters. The number of piperazine rings is 1. The fourth-order valence-corrected chi connectivity index (χ4v) is 3.66. The topological polar surface area (TPSA) is 81.2 Å². The number of guanidine groups is 1. The molecule has 162 valence electrons. The number of aliphatic imine (C=N–C) groups is 1. The van der Waals surface area contributed by atoms with Crippen molar-refractivity contribution in [1.82, 2.24) is 30.4 Å². The van der Waals surface area contributed by atoms with E-state index >= 15 is 0 Å². The van der Waals surface area contributed by atoms with Gasteiger partial charge >= 0.3 is 0 Å². The zero-order chi connectivity index (χ0) is 20.3. The van der Waals surface area contributed by atoms with Crippen LogP contribution < -0.4 is 15.5 Å².